The maximum Gasteiger partial charge on any atom is 0.252 e. The van der Waals surface area contributed by atoms with Gasteiger partial charge < -0.3 is 25.6 Å². The van der Waals surface area contributed by atoms with E-state index >= 15 is 0 Å². The normalized spacial score (nSPS) is 43.7. The van der Waals surface area contributed by atoms with Crippen LogP contribution in [-0.4, -0.2) is 64.2 Å². The first-order chi connectivity index (χ1) is 9.10. The van der Waals surface area contributed by atoms with E-state index in [1.54, 1.807) is 7.05 Å². The molecule has 106 valence electrons. The monoisotopic (exact) mass is 287 g/mol. The van der Waals surface area contributed by atoms with Crippen LogP contribution in [0.3, 0.4) is 0 Å². The second kappa shape index (κ2) is 4.93. The van der Waals surface area contributed by atoms with Crippen molar-refractivity contribution in [3.63, 3.8) is 0 Å². The molecule has 0 spiro atoms. The van der Waals surface area contributed by atoms with E-state index in [4.69, 9.17) is 4.74 Å². The highest BCUT2D eigenvalue weighted by Gasteiger charge is 2.51. The number of thioether (sulfide) groups is 1. The predicted molar refractivity (Wildman–Crippen MR) is 69.7 cm³/mol. The number of carbonyl (C=O) groups is 1. The van der Waals surface area contributed by atoms with Gasteiger partial charge in [-0.2, -0.15) is 0 Å². The Hall–Kier alpha value is -0.830. The number of amidine groups is 1. The Kier molecular flexibility index (Phi) is 3.42. The number of nitrogens with one attached hydrogen (secondary N) is 2. The number of amides is 1. The van der Waals surface area contributed by atoms with E-state index in [9.17, 15) is 15.0 Å². The van der Waals surface area contributed by atoms with E-state index in [-0.39, 0.29) is 11.9 Å². The summed E-state index contributed by atoms with van der Waals surface area (Å²) in [4.78, 5) is 16.0. The van der Waals surface area contributed by atoms with E-state index < -0.39 is 29.8 Å². The predicted octanol–water partition coefficient (Wildman–Crippen LogP) is -1.60. The fraction of sp³-hybridized carbons (Fsp3) is 0.818. The number of carbonyl (C=O) groups excluding carboxylic acids is 1. The van der Waals surface area contributed by atoms with Crippen LogP contribution in [0, 0.1) is 0 Å². The van der Waals surface area contributed by atoms with Gasteiger partial charge in [0.2, 0.25) is 0 Å². The van der Waals surface area contributed by atoms with Crippen LogP contribution >= 0.6 is 11.8 Å². The van der Waals surface area contributed by atoms with Crippen molar-refractivity contribution < 1.29 is 19.7 Å². The summed E-state index contributed by atoms with van der Waals surface area (Å²) in [5, 5.41) is 26.5. The van der Waals surface area contributed by atoms with Crippen LogP contribution in [0.15, 0.2) is 4.99 Å². The summed E-state index contributed by atoms with van der Waals surface area (Å²) < 4.78 is 5.61. The van der Waals surface area contributed by atoms with Gasteiger partial charge in [-0.3, -0.25) is 9.79 Å². The van der Waals surface area contributed by atoms with Crippen molar-refractivity contribution in [1.29, 1.82) is 0 Å². The van der Waals surface area contributed by atoms with Crippen molar-refractivity contribution in [2.75, 3.05) is 7.05 Å². The summed E-state index contributed by atoms with van der Waals surface area (Å²) in [5.41, 5.74) is -0.410. The third-order valence-electron chi connectivity index (χ3n) is 3.51. The smallest absolute Gasteiger partial charge is 0.252 e. The molecule has 0 aromatic heterocycles. The van der Waals surface area contributed by atoms with Gasteiger partial charge in [0.25, 0.3) is 5.91 Å². The summed E-state index contributed by atoms with van der Waals surface area (Å²) in [6.45, 7) is 0. The first-order valence-electron chi connectivity index (χ1n) is 6.32. The zero-order valence-electron chi connectivity index (χ0n) is 10.4. The molecule has 1 amide bonds. The van der Waals surface area contributed by atoms with Gasteiger partial charge in [0, 0.05) is 13.1 Å². The fourth-order valence-electron chi connectivity index (χ4n) is 2.25. The minimum Gasteiger partial charge on any atom is -0.388 e. The highest BCUT2D eigenvalue weighted by molar-refractivity contribution is 8.14. The summed E-state index contributed by atoms with van der Waals surface area (Å²) in [7, 11) is 1.63. The molecule has 3 fully saturated rings. The maximum absolute atomic E-state index is 12.0. The Balaban J connectivity index is 1.71. The quantitative estimate of drug-likeness (QED) is 0.488. The van der Waals surface area contributed by atoms with Crippen LogP contribution < -0.4 is 10.6 Å². The average molecular weight is 287 g/mol. The molecule has 2 heterocycles. The molecule has 0 bridgehead atoms. The van der Waals surface area contributed by atoms with Crippen molar-refractivity contribution >= 4 is 22.8 Å². The molecule has 0 aromatic carbocycles. The lowest BCUT2D eigenvalue weighted by Crippen LogP contribution is -2.62. The van der Waals surface area contributed by atoms with Crippen molar-refractivity contribution in [1.82, 2.24) is 10.6 Å². The Labute approximate surface area is 114 Å². The molecule has 7 nitrogen and oxygen atoms in total. The lowest BCUT2D eigenvalue weighted by molar-refractivity contribution is -0.173. The fourth-order valence-corrected chi connectivity index (χ4v) is 3.33. The molecule has 3 rings (SSSR count). The van der Waals surface area contributed by atoms with Crippen molar-refractivity contribution in [2.24, 2.45) is 4.99 Å². The number of aliphatic hydroxyl groups is 2. The third-order valence-corrected chi connectivity index (χ3v) is 4.67. The van der Waals surface area contributed by atoms with Crippen LogP contribution in [0.1, 0.15) is 12.8 Å². The Bertz CT molecular complexity index is 415. The maximum atomic E-state index is 12.0. The first-order valence-corrected chi connectivity index (χ1v) is 7.20. The van der Waals surface area contributed by atoms with Crippen LogP contribution in [0.2, 0.25) is 0 Å². The van der Waals surface area contributed by atoms with Crippen LogP contribution in [0.4, 0.5) is 0 Å². The molecule has 0 aromatic rings. The van der Waals surface area contributed by atoms with Crippen LogP contribution in [-0.2, 0) is 9.53 Å². The molecule has 2 aliphatic heterocycles. The molecule has 3 aliphatic rings. The molecule has 0 radical (unpaired) electrons. The lowest BCUT2D eigenvalue weighted by atomic mass is 9.97. The number of ether oxygens (including phenoxy) is 1. The number of aliphatic hydroxyl groups excluding tert-OH is 2. The molecule has 5 unspecified atom stereocenters. The summed E-state index contributed by atoms with van der Waals surface area (Å²) >= 11 is 1.32. The van der Waals surface area contributed by atoms with Gasteiger partial charge in [-0.25, -0.2) is 0 Å². The van der Waals surface area contributed by atoms with Gasteiger partial charge in [-0.15, -0.1) is 0 Å². The van der Waals surface area contributed by atoms with Crippen LogP contribution in [0.25, 0.3) is 0 Å². The number of fused-ring (bicyclic) bond motifs is 1. The number of aliphatic imine (C=N–C) groups is 1. The van der Waals surface area contributed by atoms with Gasteiger partial charge in [0.1, 0.15) is 17.6 Å². The van der Waals surface area contributed by atoms with Gasteiger partial charge in [-0.05, 0) is 12.8 Å². The Morgan fingerprint density at radius 3 is 2.84 bits per heavy atom. The highest BCUT2D eigenvalue weighted by atomic mass is 32.2. The molecular formula is C11H17N3O4S. The molecule has 1 aliphatic carbocycles. The van der Waals surface area contributed by atoms with Gasteiger partial charge in [-0.1, -0.05) is 11.8 Å². The number of hydrogen-bond donors (Lipinski definition) is 4. The SMILES string of the molecule is CN=C1NC2C(OC(C(=O)NC3CC3)C(O)C2O)S1. The van der Waals surface area contributed by atoms with E-state index in [0.717, 1.165) is 12.8 Å². The summed E-state index contributed by atoms with van der Waals surface area (Å²) in [6, 6.07) is -0.246. The van der Waals surface area contributed by atoms with Crippen molar-refractivity contribution in [3.05, 3.63) is 0 Å². The zero-order valence-corrected chi connectivity index (χ0v) is 11.3. The number of hydrogen-bond acceptors (Lipinski definition) is 6. The first kappa shape index (κ1) is 13.2. The van der Waals surface area contributed by atoms with E-state index in [1.165, 1.54) is 11.8 Å². The average Bonchev–Trinajstić information content (AvgIpc) is 3.10. The minimum absolute atomic E-state index is 0.195. The number of rotatable bonds is 2. The second-order valence-corrected chi connectivity index (χ2v) is 6.09. The summed E-state index contributed by atoms with van der Waals surface area (Å²) in [6.07, 6.45) is -1.38. The van der Waals surface area contributed by atoms with E-state index in [0.29, 0.717) is 5.17 Å². The minimum atomic E-state index is -1.23. The topological polar surface area (TPSA) is 103 Å². The lowest BCUT2D eigenvalue weighted by Gasteiger charge is -2.38. The Morgan fingerprint density at radius 1 is 1.47 bits per heavy atom. The highest BCUT2D eigenvalue weighted by Crippen LogP contribution is 2.34. The standard InChI is InChI=1S/C11H17N3O4S/c1-12-11-14-5-6(15)7(16)8(18-10(5)19-11)9(17)13-4-2-3-4/h4-8,10,15-16H,2-3H2,1H3,(H,12,14)(H,13,17). The zero-order chi connectivity index (χ0) is 13.6. The van der Waals surface area contributed by atoms with Crippen LogP contribution in [0.5, 0.6) is 0 Å². The van der Waals surface area contributed by atoms with Gasteiger partial charge in [0.15, 0.2) is 11.3 Å². The molecule has 4 N–H and O–H groups in total. The number of nitrogens with zero attached hydrogens (tertiary/aromatic N) is 1. The van der Waals surface area contributed by atoms with E-state index in [2.05, 4.69) is 15.6 Å². The molecule has 8 heteroatoms. The van der Waals surface area contributed by atoms with Gasteiger partial charge in [0.05, 0.1) is 6.04 Å². The molecule has 19 heavy (non-hydrogen) atoms. The Morgan fingerprint density at radius 2 is 2.21 bits per heavy atom. The van der Waals surface area contributed by atoms with E-state index in [1.807, 2.05) is 0 Å². The molecule has 5 atom stereocenters. The molecule has 2 saturated heterocycles. The van der Waals surface area contributed by atoms with Crippen molar-refractivity contribution in [3.8, 4) is 0 Å². The van der Waals surface area contributed by atoms with Gasteiger partial charge >= 0.3 is 0 Å². The molecule has 1 saturated carbocycles. The second-order valence-electron chi connectivity index (χ2n) is 5.01. The molecular weight excluding hydrogens is 270 g/mol. The summed E-state index contributed by atoms with van der Waals surface area (Å²) in [5.74, 6) is -0.352. The third kappa shape index (κ3) is 2.45. The largest absolute Gasteiger partial charge is 0.388 e. The van der Waals surface area contributed by atoms with Crippen molar-refractivity contribution in [2.45, 2.75) is 48.7 Å².